The van der Waals surface area contributed by atoms with Crippen LogP contribution in [0.3, 0.4) is 0 Å². The molecule has 0 bridgehead atoms. The molecule has 162 valence electrons. The van der Waals surface area contributed by atoms with Crippen molar-refractivity contribution in [1.29, 1.82) is 0 Å². The molecule has 0 spiro atoms. The lowest BCUT2D eigenvalue weighted by Gasteiger charge is -2.30. The van der Waals surface area contributed by atoms with Crippen molar-refractivity contribution < 1.29 is 13.9 Å². The Morgan fingerprint density at radius 1 is 1.28 bits per heavy atom. The highest BCUT2D eigenvalue weighted by Crippen LogP contribution is 2.21. The van der Waals surface area contributed by atoms with Crippen LogP contribution in [0.4, 0.5) is 4.39 Å². The molecule has 3 N–H and O–H groups in total. The minimum Gasteiger partial charge on any atom is -0.366 e. The van der Waals surface area contributed by atoms with Gasteiger partial charge in [0, 0.05) is 5.39 Å². The lowest BCUT2D eigenvalue weighted by molar-refractivity contribution is 0.0867. The number of benzene rings is 2. The van der Waals surface area contributed by atoms with Crippen molar-refractivity contribution in [1.82, 2.24) is 20.0 Å². The summed E-state index contributed by atoms with van der Waals surface area (Å²) in [4.78, 5) is 22.9. The number of aliphatic imine (C=N–C) groups is 2. The number of nitrogens with one attached hydrogen (secondary N) is 1. The number of amides is 1. The van der Waals surface area contributed by atoms with Crippen LogP contribution in [0, 0.1) is 5.82 Å². The second kappa shape index (κ2) is 8.23. The smallest absolute Gasteiger partial charge is 0.249 e. The molecule has 0 saturated carbocycles. The van der Waals surface area contributed by atoms with Crippen molar-refractivity contribution in [2.45, 2.75) is 13.0 Å². The number of nitrogens with two attached hydrogens (primary N) is 1. The number of nitrogens with zero attached hydrogens (tertiary/aromatic N) is 5. The molecule has 1 aromatic heterocycles. The van der Waals surface area contributed by atoms with Crippen molar-refractivity contribution in [2.75, 3.05) is 13.3 Å². The predicted octanol–water partition coefficient (Wildman–Crippen LogP) is 2.16. The third-order valence-electron chi connectivity index (χ3n) is 5.17. The van der Waals surface area contributed by atoms with Crippen molar-refractivity contribution in [2.24, 2.45) is 15.7 Å². The molecule has 2 aromatic carbocycles. The third-order valence-corrected chi connectivity index (χ3v) is 5.17. The average Bonchev–Trinajstić information content (AvgIpc) is 3.08. The van der Waals surface area contributed by atoms with Gasteiger partial charge in [0.15, 0.2) is 0 Å². The summed E-state index contributed by atoms with van der Waals surface area (Å²) in [5.74, 6) is 0.750. The SMILES string of the molecule is NC(=O)c1cccc2c1cnn2C1=NC(=NCc2cccc(F)c2)N2COCCC=C2N1. The Hall–Kier alpha value is -4.05. The molecular weight excluding hydrogens is 413 g/mol. The van der Waals surface area contributed by atoms with Crippen molar-refractivity contribution in [3.05, 3.63) is 77.5 Å². The summed E-state index contributed by atoms with van der Waals surface area (Å²) in [6.45, 7) is 1.10. The molecule has 1 amide bonds. The third kappa shape index (κ3) is 3.71. The van der Waals surface area contributed by atoms with E-state index in [1.54, 1.807) is 35.1 Å². The minimum atomic E-state index is -0.527. The molecule has 32 heavy (non-hydrogen) atoms. The molecule has 2 aliphatic rings. The maximum Gasteiger partial charge on any atom is 0.249 e. The van der Waals surface area contributed by atoms with Gasteiger partial charge >= 0.3 is 0 Å². The van der Waals surface area contributed by atoms with Crippen molar-refractivity contribution in [3.8, 4) is 0 Å². The van der Waals surface area contributed by atoms with Gasteiger partial charge in [-0.2, -0.15) is 14.8 Å². The largest absolute Gasteiger partial charge is 0.366 e. The minimum absolute atomic E-state index is 0.249. The first-order chi connectivity index (χ1) is 15.6. The van der Waals surface area contributed by atoms with Gasteiger partial charge in [0.2, 0.25) is 17.8 Å². The normalized spacial score (nSPS) is 17.4. The van der Waals surface area contributed by atoms with Crippen molar-refractivity contribution >= 4 is 28.7 Å². The van der Waals surface area contributed by atoms with E-state index in [9.17, 15) is 9.18 Å². The molecule has 3 aromatic rings. The van der Waals surface area contributed by atoms with E-state index in [2.05, 4.69) is 20.4 Å². The Kier molecular flexibility index (Phi) is 5.12. The number of aromatic nitrogens is 2. The Labute approximate surface area is 182 Å². The molecule has 0 saturated heterocycles. The molecular formula is C22H20FN7O2. The molecule has 0 radical (unpaired) electrons. The number of hydrogen-bond donors (Lipinski definition) is 2. The average molecular weight is 433 g/mol. The molecule has 3 heterocycles. The fourth-order valence-corrected chi connectivity index (χ4v) is 3.65. The number of fused-ring (bicyclic) bond motifs is 2. The van der Waals surface area contributed by atoms with Gasteiger partial charge in [0.05, 0.1) is 30.4 Å². The molecule has 2 aliphatic heterocycles. The fraction of sp³-hybridized carbons (Fsp3) is 0.182. The lowest BCUT2D eigenvalue weighted by Crippen LogP contribution is -2.47. The van der Waals surface area contributed by atoms with E-state index in [0.717, 1.165) is 17.8 Å². The zero-order valence-electron chi connectivity index (χ0n) is 17.0. The number of rotatable bonds is 3. The topological polar surface area (TPSA) is 110 Å². The summed E-state index contributed by atoms with van der Waals surface area (Å²) >= 11 is 0. The van der Waals surface area contributed by atoms with Gasteiger partial charge < -0.3 is 15.8 Å². The van der Waals surface area contributed by atoms with Gasteiger partial charge in [-0.1, -0.05) is 18.2 Å². The summed E-state index contributed by atoms with van der Waals surface area (Å²) in [5, 5.41) is 8.33. The van der Waals surface area contributed by atoms with Crippen LogP contribution < -0.4 is 11.1 Å². The Balaban J connectivity index is 1.58. The van der Waals surface area contributed by atoms with E-state index in [1.165, 1.54) is 12.1 Å². The van der Waals surface area contributed by atoms with Gasteiger partial charge in [-0.25, -0.2) is 9.38 Å². The van der Waals surface area contributed by atoms with Gasteiger partial charge in [-0.3, -0.25) is 9.69 Å². The van der Waals surface area contributed by atoms with Gasteiger partial charge in [0.1, 0.15) is 18.4 Å². The number of ether oxygens (including phenoxy) is 1. The molecule has 5 rings (SSSR count). The van der Waals surface area contributed by atoms with Crippen LogP contribution in [0.25, 0.3) is 10.9 Å². The molecule has 10 heteroatoms. The first-order valence-corrected chi connectivity index (χ1v) is 10.1. The number of hydrogen-bond acceptors (Lipinski definition) is 5. The first kappa shape index (κ1) is 19.9. The number of carbonyl (C=O) groups is 1. The number of guanidine groups is 1. The molecule has 0 atom stereocenters. The monoisotopic (exact) mass is 433 g/mol. The van der Waals surface area contributed by atoms with Crippen LogP contribution in [-0.2, 0) is 11.3 Å². The highest BCUT2D eigenvalue weighted by Gasteiger charge is 2.27. The maximum absolute atomic E-state index is 13.6. The first-order valence-electron chi connectivity index (χ1n) is 10.1. The van der Waals surface area contributed by atoms with E-state index in [4.69, 9.17) is 10.5 Å². The quantitative estimate of drug-likeness (QED) is 0.658. The summed E-state index contributed by atoms with van der Waals surface area (Å²) < 4.78 is 20.8. The van der Waals surface area contributed by atoms with Crippen LogP contribution in [0.15, 0.2) is 70.5 Å². The molecule has 0 aliphatic carbocycles. The second-order valence-corrected chi connectivity index (χ2v) is 7.31. The molecule has 0 fully saturated rings. The van der Waals surface area contributed by atoms with E-state index in [-0.39, 0.29) is 19.1 Å². The Morgan fingerprint density at radius 3 is 3.00 bits per heavy atom. The van der Waals surface area contributed by atoms with E-state index in [1.807, 2.05) is 17.0 Å². The number of primary amides is 1. The van der Waals surface area contributed by atoms with Gasteiger partial charge in [0.25, 0.3) is 0 Å². The Morgan fingerprint density at radius 2 is 2.16 bits per heavy atom. The summed E-state index contributed by atoms with van der Waals surface area (Å²) in [6.07, 6.45) is 4.30. The number of halogens is 1. The van der Waals surface area contributed by atoms with Crippen LogP contribution >= 0.6 is 0 Å². The van der Waals surface area contributed by atoms with Gasteiger partial charge in [-0.15, -0.1) is 0 Å². The maximum atomic E-state index is 13.6. The lowest BCUT2D eigenvalue weighted by atomic mass is 10.1. The summed E-state index contributed by atoms with van der Waals surface area (Å²) in [7, 11) is 0. The number of carbonyl (C=O) groups excluding carboxylic acids is 1. The fourth-order valence-electron chi connectivity index (χ4n) is 3.65. The summed E-state index contributed by atoms with van der Waals surface area (Å²) in [5.41, 5.74) is 7.29. The van der Waals surface area contributed by atoms with E-state index >= 15 is 0 Å². The van der Waals surface area contributed by atoms with E-state index < -0.39 is 5.91 Å². The Bertz CT molecular complexity index is 1290. The zero-order chi connectivity index (χ0) is 22.1. The van der Waals surface area contributed by atoms with Crippen LogP contribution in [0.2, 0.25) is 0 Å². The highest BCUT2D eigenvalue weighted by molar-refractivity contribution is 6.08. The van der Waals surface area contributed by atoms with Crippen LogP contribution in [0.1, 0.15) is 22.3 Å². The van der Waals surface area contributed by atoms with Crippen LogP contribution in [0.5, 0.6) is 0 Å². The summed E-state index contributed by atoms with van der Waals surface area (Å²) in [6, 6.07) is 11.5. The highest BCUT2D eigenvalue weighted by atomic mass is 19.1. The van der Waals surface area contributed by atoms with E-state index in [0.29, 0.717) is 35.0 Å². The second-order valence-electron chi connectivity index (χ2n) is 7.31. The molecule has 9 nitrogen and oxygen atoms in total. The van der Waals surface area contributed by atoms with Crippen molar-refractivity contribution in [3.63, 3.8) is 0 Å². The standard InChI is InChI=1S/C22H20FN7O2/c23-15-5-1-4-14(10-15)11-25-21-28-22(27-19-8-3-9-32-13-29(19)21)30-18-7-2-6-16(20(24)31)17(18)12-26-30/h1-2,4-8,10,12H,3,9,11,13H2,(H2,24,31)(H,25,27,28). The zero-order valence-corrected chi connectivity index (χ0v) is 17.0. The van der Waals surface area contributed by atoms with Crippen LogP contribution in [-0.4, -0.2) is 45.8 Å². The molecule has 0 unspecified atom stereocenters. The van der Waals surface area contributed by atoms with Gasteiger partial charge in [-0.05, 0) is 42.3 Å². The predicted molar refractivity (Wildman–Crippen MR) is 117 cm³/mol.